The van der Waals surface area contributed by atoms with Crippen LogP contribution in [0.2, 0.25) is 10.0 Å². The molecule has 2 aromatic rings. The molecule has 4 nitrogen and oxygen atoms in total. The molecule has 1 fully saturated rings. The van der Waals surface area contributed by atoms with E-state index in [1.807, 2.05) is 4.90 Å². The van der Waals surface area contributed by atoms with Crippen molar-refractivity contribution in [3.8, 4) is 0 Å². The summed E-state index contributed by atoms with van der Waals surface area (Å²) in [6, 6.07) is 6.70. The average Bonchev–Trinajstić information content (AvgIpc) is 3.10. The van der Waals surface area contributed by atoms with Crippen LogP contribution in [0.25, 0.3) is 0 Å². The van der Waals surface area contributed by atoms with E-state index in [1.165, 1.54) is 0 Å². The first-order valence-electron chi connectivity index (χ1n) is 8.45. The van der Waals surface area contributed by atoms with Crippen LogP contribution in [0.5, 0.6) is 0 Å². The van der Waals surface area contributed by atoms with Crippen molar-refractivity contribution in [1.29, 1.82) is 0 Å². The predicted octanol–water partition coefficient (Wildman–Crippen LogP) is 3.87. The van der Waals surface area contributed by atoms with Gasteiger partial charge in [-0.15, -0.1) is 0 Å². The molecule has 0 saturated carbocycles. The van der Waals surface area contributed by atoms with Gasteiger partial charge in [0.25, 0.3) is 0 Å². The van der Waals surface area contributed by atoms with E-state index in [4.69, 9.17) is 23.2 Å². The number of hydrogen-bond donors (Lipinski definition) is 1. The lowest BCUT2D eigenvalue weighted by Crippen LogP contribution is -2.42. The van der Waals surface area contributed by atoms with Gasteiger partial charge in [0.1, 0.15) is 0 Å². The van der Waals surface area contributed by atoms with E-state index in [-0.39, 0.29) is 23.5 Å². The quantitative estimate of drug-likeness (QED) is 0.725. The Balaban J connectivity index is 0.00000280. The minimum atomic E-state index is -1.54. The van der Waals surface area contributed by atoms with Crippen LogP contribution in [0.15, 0.2) is 30.3 Å². The summed E-state index contributed by atoms with van der Waals surface area (Å²) in [5.41, 5.74) is 0.709. The topological polar surface area (TPSA) is 63.8 Å². The van der Waals surface area contributed by atoms with E-state index < -0.39 is 23.5 Å². The summed E-state index contributed by atoms with van der Waals surface area (Å²) in [6.45, 7) is 0.946. The zero-order valence-electron chi connectivity index (χ0n) is 14.7. The lowest BCUT2D eigenvalue weighted by Gasteiger charge is -2.24. The van der Waals surface area contributed by atoms with Crippen molar-refractivity contribution in [2.45, 2.75) is 32.0 Å². The number of nitrogens with zero attached hydrogens (tertiary/aromatic N) is 1. The Hall–Kier alpha value is -1.80. The molecule has 3 rings (SSSR count). The summed E-state index contributed by atoms with van der Waals surface area (Å²) >= 11 is 12.2. The molecular formula is C19H19Cl2F3N2O2. The Morgan fingerprint density at radius 3 is 2.61 bits per heavy atom. The van der Waals surface area contributed by atoms with Crippen molar-refractivity contribution in [3.63, 3.8) is 0 Å². The normalized spacial score (nSPS) is 16.7. The molecule has 1 amide bonds. The fourth-order valence-electron chi connectivity index (χ4n) is 3.20. The lowest BCUT2D eigenvalue weighted by atomic mass is 10.1. The molecule has 2 aromatic carbocycles. The van der Waals surface area contributed by atoms with Gasteiger partial charge >= 0.3 is 0 Å². The molecular weight excluding hydrogens is 416 g/mol. The van der Waals surface area contributed by atoms with Gasteiger partial charge in [0.2, 0.25) is 5.91 Å². The van der Waals surface area contributed by atoms with Crippen LogP contribution in [0.3, 0.4) is 0 Å². The predicted molar refractivity (Wildman–Crippen MR) is 102 cm³/mol. The fraction of sp³-hybridized carbons (Fsp3) is 0.316. The van der Waals surface area contributed by atoms with Crippen LogP contribution in [-0.4, -0.2) is 28.9 Å². The van der Waals surface area contributed by atoms with Gasteiger partial charge in [-0.05, 0) is 49.2 Å². The van der Waals surface area contributed by atoms with Crippen LogP contribution in [0.4, 0.5) is 13.2 Å². The molecule has 1 atom stereocenters. The molecule has 3 N–H and O–H groups in total. The summed E-state index contributed by atoms with van der Waals surface area (Å²) in [5.74, 6) is -4.39. The first kappa shape index (κ1) is 22.5. The van der Waals surface area contributed by atoms with Crippen molar-refractivity contribution >= 4 is 29.1 Å². The largest absolute Gasteiger partial charge is 0.412 e. The molecule has 0 spiro atoms. The molecule has 28 heavy (non-hydrogen) atoms. The van der Waals surface area contributed by atoms with E-state index in [9.17, 15) is 18.0 Å². The average molecular weight is 435 g/mol. The monoisotopic (exact) mass is 434 g/mol. The number of carbonyl (C=O) groups is 1. The highest BCUT2D eigenvalue weighted by molar-refractivity contribution is 6.33. The third-order valence-electron chi connectivity index (χ3n) is 4.62. The Bertz CT molecular complexity index is 867. The van der Waals surface area contributed by atoms with Crippen molar-refractivity contribution in [1.82, 2.24) is 10.2 Å². The number of carbonyl (C=O) groups excluding carboxylic acids is 1. The zero-order valence-corrected chi connectivity index (χ0v) is 16.3. The van der Waals surface area contributed by atoms with Gasteiger partial charge in [0.15, 0.2) is 17.5 Å². The van der Waals surface area contributed by atoms with Gasteiger partial charge in [-0.1, -0.05) is 29.3 Å². The SMILES string of the molecule is O.O=C(NCc1ccc(F)c(F)c1F)[C@H]1CCCN1Cc1cc(Cl)ccc1Cl. The molecule has 9 heteroatoms. The van der Waals surface area contributed by atoms with Gasteiger partial charge in [-0.2, -0.15) is 0 Å². The zero-order chi connectivity index (χ0) is 19.6. The molecule has 0 bridgehead atoms. The van der Waals surface area contributed by atoms with E-state index >= 15 is 0 Å². The van der Waals surface area contributed by atoms with Gasteiger partial charge in [0.05, 0.1) is 6.04 Å². The summed E-state index contributed by atoms with van der Waals surface area (Å²) in [5, 5.41) is 3.72. The van der Waals surface area contributed by atoms with Gasteiger partial charge in [-0.25, -0.2) is 13.2 Å². The molecule has 0 radical (unpaired) electrons. The van der Waals surface area contributed by atoms with E-state index in [0.29, 0.717) is 29.6 Å². The summed E-state index contributed by atoms with van der Waals surface area (Å²) in [4.78, 5) is 14.5. The van der Waals surface area contributed by atoms with Gasteiger partial charge in [-0.3, -0.25) is 9.69 Å². The standard InChI is InChI=1S/C19H17Cl2F3N2O.H2O/c20-13-4-5-14(21)12(8-13)10-26-7-1-2-16(26)19(27)25-9-11-3-6-15(22)18(24)17(11)23;/h3-6,8,16H,1-2,7,9-10H2,(H,25,27);1H2/t16-;/m1./s1. The van der Waals surface area contributed by atoms with Crippen LogP contribution in [0, 0.1) is 17.5 Å². The number of hydrogen-bond acceptors (Lipinski definition) is 2. The van der Waals surface area contributed by atoms with Crippen molar-refractivity contribution in [2.24, 2.45) is 0 Å². The molecule has 0 aliphatic carbocycles. The Morgan fingerprint density at radius 1 is 1.11 bits per heavy atom. The number of amides is 1. The van der Waals surface area contributed by atoms with E-state index in [2.05, 4.69) is 5.32 Å². The number of rotatable bonds is 5. The van der Waals surface area contributed by atoms with Crippen LogP contribution in [0.1, 0.15) is 24.0 Å². The minimum Gasteiger partial charge on any atom is -0.412 e. The van der Waals surface area contributed by atoms with E-state index in [0.717, 1.165) is 24.1 Å². The second-order valence-corrected chi connectivity index (χ2v) is 7.26. The molecule has 0 unspecified atom stereocenters. The first-order valence-corrected chi connectivity index (χ1v) is 9.20. The first-order chi connectivity index (χ1) is 12.9. The fourth-order valence-corrected chi connectivity index (χ4v) is 3.57. The maximum atomic E-state index is 13.7. The molecule has 0 aromatic heterocycles. The summed E-state index contributed by atoms with van der Waals surface area (Å²) < 4.78 is 40.0. The molecule has 1 aliphatic rings. The number of benzene rings is 2. The third kappa shape index (κ3) is 4.97. The van der Waals surface area contributed by atoms with Crippen LogP contribution < -0.4 is 5.32 Å². The molecule has 152 valence electrons. The Labute approximate surface area is 170 Å². The smallest absolute Gasteiger partial charge is 0.237 e. The molecule has 1 heterocycles. The highest BCUT2D eigenvalue weighted by Crippen LogP contribution is 2.26. The lowest BCUT2D eigenvalue weighted by molar-refractivity contribution is -0.125. The molecule has 1 saturated heterocycles. The van der Waals surface area contributed by atoms with Gasteiger partial charge < -0.3 is 10.8 Å². The van der Waals surface area contributed by atoms with E-state index in [1.54, 1.807) is 18.2 Å². The summed E-state index contributed by atoms with van der Waals surface area (Å²) in [6.07, 6.45) is 1.47. The van der Waals surface area contributed by atoms with Crippen molar-refractivity contribution in [2.75, 3.05) is 6.54 Å². The minimum absolute atomic E-state index is 0. The Kier molecular flexibility index (Phi) is 7.71. The molecule has 1 aliphatic heterocycles. The van der Waals surface area contributed by atoms with Crippen molar-refractivity contribution < 1.29 is 23.4 Å². The number of nitrogens with one attached hydrogen (secondary N) is 1. The maximum Gasteiger partial charge on any atom is 0.237 e. The number of halogens is 5. The summed E-state index contributed by atoms with van der Waals surface area (Å²) in [7, 11) is 0. The van der Waals surface area contributed by atoms with Crippen LogP contribution >= 0.6 is 23.2 Å². The van der Waals surface area contributed by atoms with Crippen LogP contribution in [-0.2, 0) is 17.9 Å². The Morgan fingerprint density at radius 2 is 1.86 bits per heavy atom. The maximum absolute atomic E-state index is 13.7. The second-order valence-electron chi connectivity index (χ2n) is 6.42. The van der Waals surface area contributed by atoms with Crippen molar-refractivity contribution in [3.05, 3.63) is 69.0 Å². The third-order valence-corrected chi connectivity index (χ3v) is 5.22. The highest BCUT2D eigenvalue weighted by atomic mass is 35.5. The number of likely N-dealkylation sites (tertiary alicyclic amines) is 1. The van der Waals surface area contributed by atoms with Gasteiger partial charge in [0, 0.05) is 28.7 Å². The highest BCUT2D eigenvalue weighted by Gasteiger charge is 2.31. The second kappa shape index (κ2) is 9.60.